The first kappa shape index (κ1) is 17.4. The lowest BCUT2D eigenvalue weighted by molar-refractivity contribution is -0.137. The van der Waals surface area contributed by atoms with E-state index in [1.807, 2.05) is 13.0 Å². The van der Waals surface area contributed by atoms with Gasteiger partial charge in [-0.3, -0.25) is 9.59 Å². The van der Waals surface area contributed by atoms with E-state index in [2.05, 4.69) is 0 Å². The molecule has 0 heterocycles. The van der Waals surface area contributed by atoms with Crippen molar-refractivity contribution < 1.29 is 24.4 Å². The first-order valence-corrected chi connectivity index (χ1v) is 8.62. The van der Waals surface area contributed by atoms with E-state index < -0.39 is 30.4 Å². The summed E-state index contributed by atoms with van der Waals surface area (Å²) >= 11 is 0. The third kappa shape index (κ3) is 4.18. The Morgan fingerprint density at radius 3 is 1.95 bits per heavy atom. The Bertz CT molecular complexity index is 555. The predicted molar refractivity (Wildman–Crippen MR) is 81.8 cm³/mol. The highest BCUT2D eigenvalue weighted by Crippen LogP contribution is 2.56. The van der Waals surface area contributed by atoms with E-state index in [0.29, 0.717) is 5.30 Å². The van der Waals surface area contributed by atoms with Gasteiger partial charge < -0.3 is 14.8 Å². The van der Waals surface area contributed by atoms with Crippen LogP contribution in [0.1, 0.15) is 32.3 Å². The second-order valence-electron chi connectivity index (χ2n) is 5.44. The molecule has 2 unspecified atom stereocenters. The van der Waals surface area contributed by atoms with Crippen molar-refractivity contribution in [3.05, 3.63) is 29.8 Å². The lowest BCUT2D eigenvalue weighted by atomic mass is 10.2. The second-order valence-corrected chi connectivity index (χ2v) is 9.14. The maximum absolute atomic E-state index is 13.5. The number of rotatable bonds is 7. The summed E-state index contributed by atoms with van der Waals surface area (Å²) in [5.74, 6) is -2.06. The molecular weight excluding hydrogens is 291 g/mol. The van der Waals surface area contributed by atoms with E-state index in [1.54, 1.807) is 32.0 Å². The standard InChI is InChI=1S/C15H21O5P/c1-10-5-4-6-13(7-10)21(20,11(2)8-14(16)17)12(3)9-15(18)19/h4-7,11-12H,8-9H2,1-3H3,(H,16,17)(H,18,19). The maximum Gasteiger partial charge on any atom is 0.304 e. The highest BCUT2D eigenvalue weighted by Gasteiger charge is 2.39. The Kier molecular flexibility index (Phi) is 5.73. The van der Waals surface area contributed by atoms with Gasteiger partial charge in [0.15, 0.2) is 0 Å². The molecule has 6 heteroatoms. The molecule has 2 N–H and O–H groups in total. The van der Waals surface area contributed by atoms with Crippen LogP contribution in [0.5, 0.6) is 0 Å². The molecule has 1 aromatic carbocycles. The molecule has 1 rings (SSSR count). The fraction of sp³-hybridized carbons (Fsp3) is 0.467. The van der Waals surface area contributed by atoms with Crippen molar-refractivity contribution in [1.82, 2.24) is 0 Å². The van der Waals surface area contributed by atoms with Crippen LogP contribution >= 0.6 is 7.14 Å². The Morgan fingerprint density at radius 1 is 1.10 bits per heavy atom. The molecule has 1 aromatic rings. The summed E-state index contributed by atoms with van der Waals surface area (Å²) < 4.78 is 13.5. The summed E-state index contributed by atoms with van der Waals surface area (Å²) in [6, 6.07) is 7.08. The molecule has 116 valence electrons. The van der Waals surface area contributed by atoms with E-state index in [4.69, 9.17) is 10.2 Å². The highest BCUT2D eigenvalue weighted by molar-refractivity contribution is 7.73. The van der Waals surface area contributed by atoms with Gasteiger partial charge in [0.2, 0.25) is 0 Å². The van der Waals surface area contributed by atoms with Crippen molar-refractivity contribution in [1.29, 1.82) is 0 Å². The van der Waals surface area contributed by atoms with Crippen LogP contribution in [-0.4, -0.2) is 33.5 Å². The Hall–Kier alpha value is -1.61. The van der Waals surface area contributed by atoms with Gasteiger partial charge in [0.25, 0.3) is 0 Å². The van der Waals surface area contributed by atoms with Crippen LogP contribution < -0.4 is 5.30 Å². The summed E-state index contributed by atoms with van der Waals surface area (Å²) in [5.41, 5.74) is -0.296. The Labute approximate surface area is 124 Å². The quantitative estimate of drug-likeness (QED) is 0.755. The van der Waals surface area contributed by atoms with Crippen LogP contribution in [0.15, 0.2) is 24.3 Å². The average molecular weight is 312 g/mol. The Morgan fingerprint density at radius 2 is 1.57 bits per heavy atom. The molecule has 21 heavy (non-hydrogen) atoms. The zero-order valence-electron chi connectivity index (χ0n) is 12.4. The minimum Gasteiger partial charge on any atom is -0.481 e. The molecule has 0 radical (unpaired) electrons. The van der Waals surface area contributed by atoms with Gasteiger partial charge in [-0.15, -0.1) is 0 Å². The summed E-state index contributed by atoms with van der Waals surface area (Å²) in [4.78, 5) is 21.9. The number of carboxylic acids is 2. The normalized spacial score (nSPS) is 16.7. The maximum atomic E-state index is 13.5. The fourth-order valence-electron chi connectivity index (χ4n) is 2.57. The largest absolute Gasteiger partial charge is 0.481 e. The van der Waals surface area contributed by atoms with Crippen LogP contribution in [0.4, 0.5) is 0 Å². The smallest absolute Gasteiger partial charge is 0.304 e. The van der Waals surface area contributed by atoms with E-state index in [0.717, 1.165) is 5.56 Å². The number of hydrogen-bond donors (Lipinski definition) is 2. The molecule has 0 aliphatic rings. The van der Waals surface area contributed by atoms with Gasteiger partial charge in [-0.1, -0.05) is 37.6 Å². The van der Waals surface area contributed by atoms with Gasteiger partial charge in [0.1, 0.15) is 7.14 Å². The first-order valence-electron chi connectivity index (χ1n) is 6.78. The van der Waals surface area contributed by atoms with E-state index in [9.17, 15) is 14.2 Å². The van der Waals surface area contributed by atoms with Crippen LogP contribution in [0.3, 0.4) is 0 Å². The molecule has 0 saturated heterocycles. The van der Waals surface area contributed by atoms with Crippen LogP contribution in [0.25, 0.3) is 0 Å². The molecule has 0 aliphatic heterocycles. The molecule has 0 saturated carbocycles. The van der Waals surface area contributed by atoms with Gasteiger partial charge in [-0.25, -0.2) is 0 Å². The van der Waals surface area contributed by atoms with Crippen molar-refractivity contribution in [3.8, 4) is 0 Å². The van der Waals surface area contributed by atoms with Gasteiger partial charge in [0, 0.05) is 16.6 Å². The highest BCUT2D eigenvalue weighted by atomic mass is 31.2. The van der Waals surface area contributed by atoms with Crippen LogP contribution in [-0.2, 0) is 14.2 Å². The lowest BCUT2D eigenvalue weighted by Gasteiger charge is -2.29. The third-order valence-electron chi connectivity index (χ3n) is 3.65. The number of aryl methyl sites for hydroxylation is 1. The summed E-state index contributed by atoms with van der Waals surface area (Å²) in [6.45, 7) is 5.10. The molecular formula is C15H21O5P. The number of aliphatic carboxylic acids is 2. The van der Waals surface area contributed by atoms with Crippen LogP contribution in [0, 0.1) is 6.92 Å². The molecule has 2 atom stereocenters. The average Bonchev–Trinajstić information content (AvgIpc) is 2.35. The monoisotopic (exact) mass is 312 g/mol. The minimum absolute atomic E-state index is 0.241. The molecule has 0 amide bonds. The number of hydrogen-bond acceptors (Lipinski definition) is 3. The van der Waals surface area contributed by atoms with Crippen LogP contribution in [0.2, 0.25) is 0 Å². The lowest BCUT2D eigenvalue weighted by Crippen LogP contribution is -2.27. The zero-order valence-corrected chi connectivity index (χ0v) is 13.3. The van der Waals surface area contributed by atoms with Crippen molar-refractivity contribution in [2.24, 2.45) is 0 Å². The second kappa shape index (κ2) is 6.90. The van der Waals surface area contributed by atoms with Gasteiger partial charge >= 0.3 is 11.9 Å². The number of carboxylic acid groups (broad SMARTS) is 2. The van der Waals surface area contributed by atoms with Gasteiger partial charge in [0.05, 0.1) is 12.8 Å². The van der Waals surface area contributed by atoms with Crippen molar-refractivity contribution in [3.63, 3.8) is 0 Å². The number of carbonyl (C=O) groups is 2. The summed E-state index contributed by atoms with van der Waals surface area (Å²) in [7, 11) is -3.15. The fourth-order valence-corrected chi connectivity index (χ4v) is 6.03. The van der Waals surface area contributed by atoms with Gasteiger partial charge in [-0.2, -0.15) is 0 Å². The molecule has 0 aliphatic carbocycles. The number of benzene rings is 1. The van der Waals surface area contributed by atoms with Crippen molar-refractivity contribution in [2.75, 3.05) is 0 Å². The predicted octanol–water partition coefficient (Wildman–Crippen LogP) is 2.71. The topological polar surface area (TPSA) is 91.7 Å². The van der Waals surface area contributed by atoms with Crippen molar-refractivity contribution in [2.45, 2.75) is 44.9 Å². The van der Waals surface area contributed by atoms with Gasteiger partial charge in [-0.05, 0) is 13.0 Å². The SMILES string of the molecule is Cc1cccc(P(=O)(C(C)CC(=O)O)C(C)CC(=O)O)c1. The zero-order chi connectivity index (χ0) is 16.2. The Balaban J connectivity index is 3.31. The van der Waals surface area contributed by atoms with E-state index in [-0.39, 0.29) is 12.8 Å². The van der Waals surface area contributed by atoms with E-state index >= 15 is 0 Å². The molecule has 5 nitrogen and oxygen atoms in total. The minimum atomic E-state index is -3.15. The molecule has 0 aromatic heterocycles. The summed E-state index contributed by atoms with van der Waals surface area (Å²) in [6.07, 6.45) is -0.482. The molecule has 0 spiro atoms. The third-order valence-corrected chi connectivity index (χ3v) is 7.72. The summed E-state index contributed by atoms with van der Waals surface area (Å²) in [5, 5.41) is 18.5. The molecule has 0 bridgehead atoms. The first-order chi connectivity index (χ1) is 9.67. The molecule has 0 fully saturated rings. The van der Waals surface area contributed by atoms with E-state index in [1.165, 1.54) is 0 Å². The van der Waals surface area contributed by atoms with Crippen molar-refractivity contribution >= 4 is 24.4 Å².